The number of carbonyl (C=O) groups is 3. The largest absolute Gasteiger partial charge is 0.497 e. The number of rotatable bonds is 7. The molecule has 8 nitrogen and oxygen atoms in total. The minimum absolute atomic E-state index is 0.185. The van der Waals surface area contributed by atoms with Gasteiger partial charge in [-0.05, 0) is 88.3 Å². The number of barbiturate groups is 1. The van der Waals surface area contributed by atoms with E-state index in [9.17, 15) is 14.4 Å². The maximum atomic E-state index is 13.1. The molecule has 0 aliphatic carbocycles. The van der Waals surface area contributed by atoms with Crippen LogP contribution in [0.1, 0.15) is 11.1 Å². The van der Waals surface area contributed by atoms with Crippen LogP contribution in [0.15, 0.2) is 72.3 Å². The Balaban J connectivity index is 1.57. The van der Waals surface area contributed by atoms with Crippen molar-refractivity contribution in [2.24, 2.45) is 0 Å². The Morgan fingerprint density at radius 1 is 0.886 bits per heavy atom. The van der Waals surface area contributed by atoms with Gasteiger partial charge in [0.15, 0.2) is 11.5 Å². The van der Waals surface area contributed by atoms with Crippen molar-refractivity contribution in [1.82, 2.24) is 5.32 Å². The summed E-state index contributed by atoms with van der Waals surface area (Å²) in [6, 6.07) is 18.6. The third kappa shape index (κ3) is 5.46. The normalized spacial score (nSPS) is 14.7. The molecule has 35 heavy (non-hydrogen) atoms. The van der Waals surface area contributed by atoms with Gasteiger partial charge in [-0.25, -0.2) is 9.69 Å². The van der Waals surface area contributed by atoms with Crippen molar-refractivity contribution >= 4 is 52.2 Å². The molecule has 1 fully saturated rings. The van der Waals surface area contributed by atoms with Crippen molar-refractivity contribution in [1.29, 1.82) is 0 Å². The number of nitrogens with one attached hydrogen (secondary N) is 1. The van der Waals surface area contributed by atoms with E-state index >= 15 is 0 Å². The van der Waals surface area contributed by atoms with Crippen molar-refractivity contribution in [2.75, 3.05) is 19.1 Å². The second-order valence-corrected chi connectivity index (χ2v) is 8.73. The molecule has 178 valence electrons. The van der Waals surface area contributed by atoms with Gasteiger partial charge < -0.3 is 14.2 Å². The first-order valence-electron chi connectivity index (χ1n) is 10.5. The Morgan fingerprint density at radius 3 is 2.26 bits per heavy atom. The van der Waals surface area contributed by atoms with Crippen LogP contribution in [-0.2, 0) is 16.2 Å². The topological polar surface area (TPSA) is 94.2 Å². The molecule has 1 aliphatic heterocycles. The number of benzene rings is 3. The van der Waals surface area contributed by atoms with Gasteiger partial charge in [0.1, 0.15) is 17.9 Å². The van der Waals surface area contributed by atoms with Gasteiger partial charge in [0.05, 0.1) is 19.9 Å². The standard InChI is InChI=1S/C26H21IN2O6/c1-33-20-10-8-19(9-11-20)29-25(31)21(24(30)28-26(29)32)13-17-5-12-22(23(14-17)34-2)35-15-16-3-6-18(27)7-4-16/h3-14H,15H2,1-2H3,(H,28,30,32)/b21-13+. The molecule has 1 N–H and O–H groups in total. The summed E-state index contributed by atoms with van der Waals surface area (Å²) in [5.74, 6) is 0.0193. The van der Waals surface area contributed by atoms with E-state index in [4.69, 9.17) is 14.2 Å². The fourth-order valence-corrected chi connectivity index (χ4v) is 3.78. The highest BCUT2D eigenvalue weighted by Crippen LogP contribution is 2.31. The van der Waals surface area contributed by atoms with Gasteiger partial charge >= 0.3 is 6.03 Å². The summed E-state index contributed by atoms with van der Waals surface area (Å²) >= 11 is 2.24. The quantitative estimate of drug-likeness (QED) is 0.249. The number of nitrogens with zero attached hydrogens (tertiary/aromatic N) is 1. The molecule has 0 spiro atoms. The van der Waals surface area contributed by atoms with Crippen molar-refractivity contribution in [2.45, 2.75) is 6.61 Å². The highest BCUT2D eigenvalue weighted by Gasteiger charge is 2.36. The third-order valence-corrected chi connectivity index (χ3v) is 5.96. The lowest BCUT2D eigenvalue weighted by atomic mass is 10.1. The van der Waals surface area contributed by atoms with E-state index in [-0.39, 0.29) is 5.57 Å². The minimum Gasteiger partial charge on any atom is -0.497 e. The molecule has 4 rings (SSSR count). The van der Waals surface area contributed by atoms with Gasteiger partial charge in [0.25, 0.3) is 11.8 Å². The van der Waals surface area contributed by atoms with Gasteiger partial charge in [-0.1, -0.05) is 18.2 Å². The molecule has 0 atom stereocenters. The molecule has 3 aromatic carbocycles. The Morgan fingerprint density at radius 2 is 1.60 bits per heavy atom. The Bertz CT molecular complexity index is 1300. The predicted molar refractivity (Wildman–Crippen MR) is 138 cm³/mol. The average Bonchev–Trinajstić information content (AvgIpc) is 2.86. The maximum Gasteiger partial charge on any atom is 0.335 e. The zero-order valence-electron chi connectivity index (χ0n) is 18.9. The average molecular weight is 584 g/mol. The Kier molecular flexibility index (Phi) is 7.35. The van der Waals surface area contributed by atoms with E-state index in [0.29, 0.717) is 35.1 Å². The smallest absolute Gasteiger partial charge is 0.335 e. The number of carbonyl (C=O) groups excluding carboxylic acids is 3. The highest BCUT2D eigenvalue weighted by atomic mass is 127. The highest BCUT2D eigenvalue weighted by molar-refractivity contribution is 14.1. The zero-order chi connectivity index (χ0) is 24.9. The van der Waals surface area contributed by atoms with Crippen LogP contribution in [0, 0.1) is 3.57 Å². The van der Waals surface area contributed by atoms with Crippen LogP contribution >= 0.6 is 22.6 Å². The molecule has 0 radical (unpaired) electrons. The monoisotopic (exact) mass is 584 g/mol. The summed E-state index contributed by atoms with van der Waals surface area (Å²) in [6.45, 7) is 0.355. The summed E-state index contributed by atoms with van der Waals surface area (Å²) in [5.41, 5.74) is 1.66. The molecule has 3 aromatic rings. The maximum absolute atomic E-state index is 13.1. The lowest BCUT2D eigenvalue weighted by Crippen LogP contribution is -2.54. The molecule has 1 aliphatic rings. The molecular weight excluding hydrogens is 563 g/mol. The van der Waals surface area contributed by atoms with E-state index in [1.807, 2.05) is 24.3 Å². The molecule has 0 bridgehead atoms. The Hall–Kier alpha value is -3.86. The van der Waals surface area contributed by atoms with E-state index < -0.39 is 17.8 Å². The number of hydrogen-bond acceptors (Lipinski definition) is 6. The summed E-state index contributed by atoms with van der Waals surface area (Å²) in [7, 11) is 3.02. The van der Waals surface area contributed by atoms with Crippen LogP contribution < -0.4 is 24.4 Å². The van der Waals surface area contributed by atoms with Crippen molar-refractivity contribution in [3.63, 3.8) is 0 Å². The van der Waals surface area contributed by atoms with Gasteiger partial charge in [0, 0.05) is 3.57 Å². The fraction of sp³-hybridized carbons (Fsp3) is 0.115. The Labute approximate surface area is 215 Å². The summed E-state index contributed by atoms with van der Waals surface area (Å²) in [6.07, 6.45) is 1.41. The van der Waals surface area contributed by atoms with E-state index in [1.165, 1.54) is 20.3 Å². The number of amides is 4. The lowest BCUT2D eigenvalue weighted by molar-refractivity contribution is -0.122. The SMILES string of the molecule is COc1ccc(N2C(=O)NC(=O)/C(=C\c3ccc(OCc4ccc(I)cc4)c(OC)c3)C2=O)cc1. The molecule has 0 aromatic heterocycles. The molecule has 0 saturated carbocycles. The van der Waals surface area contributed by atoms with Crippen LogP contribution in [0.4, 0.5) is 10.5 Å². The number of halogens is 1. The molecule has 1 saturated heterocycles. The predicted octanol–water partition coefficient (Wildman–Crippen LogP) is 4.55. The van der Waals surface area contributed by atoms with Gasteiger partial charge in [-0.3, -0.25) is 14.9 Å². The number of methoxy groups -OCH3 is 2. The van der Waals surface area contributed by atoms with Crippen LogP contribution in [0.3, 0.4) is 0 Å². The van der Waals surface area contributed by atoms with E-state index in [2.05, 4.69) is 27.9 Å². The third-order valence-electron chi connectivity index (χ3n) is 5.24. The second-order valence-electron chi connectivity index (χ2n) is 7.48. The fourth-order valence-electron chi connectivity index (χ4n) is 3.42. The molecule has 4 amide bonds. The number of anilines is 1. The van der Waals surface area contributed by atoms with Crippen LogP contribution in [0.5, 0.6) is 17.2 Å². The number of imide groups is 2. The van der Waals surface area contributed by atoms with Crippen LogP contribution in [0.2, 0.25) is 0 Å². The number of hydrogen-bond donors (Lipinski definition) is 1. The van der Waals surface area contributed by atoms with Gasteiger partial charge in [-0.2, -0.15) is 0 Å². The minimum atomic E-state index is -0.820. The molecule has 9 heteroatoms. The zero-order valence-corrected chi connectivity index (χ0v) is 21.1. The van der Waals surface area contributed by atoms with Crippen molar-refractivity contribution in [3.05, 3.63) is 87.0 Å². The van der Waals surface area contributed by atoms with E-state index in [0.717, 1.165) is 14.0 Å². The summed E-state index contributed by atoms with van der Waals surface area (Å²) in [4.78, 5) is 38.9. The first-order valence-corrected chi connectivity index (χ1v) is 11.6. The van der Waals surface area contributed by atoms with Crippen LogP contribution in [-0.4, -0.2) is 32.1 Å². The first kappa shape index (κ1) is 24.3. The number of urea groups is 1. The van der Waals surface area contributed by atoms with E-state index in [1.54, 1.807) is 42.5 Å². The summed E-state index contributed by atoms with van der Waals surface area (Å²) < 4.78 is 17.6. The van der Waals surface area contributed by atoms with Crippen LogP contribution in [0.25, 0.3) is 6.08 Å². The van der Waals surface area contributed by atoms with Crippen molar-refractivity contribution < 1.29 is 28.6 Å². The first-order chi connectivity index (χ1) is 16.9. The molecule has 1 heterocycles. The van der Waals surface area contributed by atoms with Gasteiger partial charge in [0.2, 0.25) is 0 Å². The number of ether oxygens (including phenoxy) is 3. The summed E-state index contributed by atoms with van der Waals surface area (Å²) in [5, 5.41) is 2.21. The van der Waals surface area contributed by atoms with Gasteiger partial charge in [-0.15, -0.1) is 0 Å². The molecular formula is C26H21IN2O6. The van der Waals surface area contributed by atoms with Crippen molar-refractivity contribution in [3.8, 4) is 17.2 Å². The lowest BCUT2D eigenvalue weighted by Gasteiger charge is -2.26. The molecule has 0 unspecified atom stereocenters. The second kappa shape index (κ2) is 10.6.